The Kier molecular flexibility index (Phi) is 20.4. The summed E-state index contributed by atoms with van der Waals surface area (Å²) in [4.78, 5) is 0. The predicted octanol–water partition coefficient (Wildman–Crippen LogP) is 28.2. The molecule has 0 heterocycles. The van der Waals surface area contributed by atoms with E-state index in [1.165, 1.54) is 221 Å². The van der Waals surface area contributed by atoms with E-state index >= 15 is 0 Å². The maximum Gasteiger partial charge on any atom is 0.0879 e. The van der Waals surface area contributed by atoms with E-state index in [0.717, 1.165) is 35.5 Å². The van der Waals surface area contributed by atoms with Crippen LogP contribution in [-0.2, 0) is 31.0 Å². The van der Waals surface area contributed by atoms with E-state index in [9.17, 15) is 0 Å². The summed E-state index contributed by atoms with van der Waals surface area (Å²) in [5.41, 5.74) is 2.97. The largest absolute Gasteiger partial charge is 0.368 e. The van der Waals surface area contributed by atoms with Gasteiger partial charge in [0.1, 0.15) is 0 Å². The van der Waals surface area contributed by atoms with Gasteiger partial charge in [-0.05, 0) is 357 Å². The molecule has 3 aliphatic carbocycles. The Bertz CT molecular complexity index is 4990. The van der Waals surface area contributed by atoms with Crippen molar-refractivity contribution >= 4 is 108 Å². The van der Waals surface area contributed by atoms with E-state index < -0.39 is 0 Å². The van der Waals surface area contributed by atoms with Crippen LogP contribution >= 0.6 is 0 Å². The van der Waals surface area contributed by atoms with Crippen molar-refractivity contribution in [3.05, 3.63) is 229 Å². The Morgan fingerprint density at radius 1 is 0.250 bits per heavy atom. The lowest BCUT2D eigenvalue weighted by molar-refractivity contribution is -0.0957. The first-order valence-corrected chi connectivity index (χ1v) is 38.8. The van der Waals surface area contributed by atoms with E-state index in [1.807, 2.05) is 0 Å². The van der Waals surface area contributed by atoms with Gasteiger partial charge in [-0.3, -0.25) is 0 Å². The minimum absolute atomic E-state index is 0.277. The van der Waals surface area contributed by atoms with Crippen LogP contribution in [-0.4, -0.2) is 18.3 Å². The molecule has 16 rings (SSSR count). The van der Waals surface area contributed by atoms with Crippen molar-refractivity contribution in [1.29, 1.82) is 0 Å². The second-order valence-electron chi connectivity index (χ2n) is 32.7. The lowest BCUT2D eigenvalue weighted by Gasteiger charge is -2.37. The lowest BCUT2D eigenvalue weighted by atomic mass is 9.78. The summed E-state index contributed by atoms with van der Waals surface area (Å²) in [6.45, 7) is 27.7. The molecule has 100 heavy (non-hydrogen) atoms. The molecule has 0 amide bonds. The highest BCUT2D eigenvalue weighted by Crippen LogP contribution is 2.43. The molecular formula is C97H110O3. The Morgan fingerprint density at radius 2 is 0.480 bits per heavy atom. The molecule has 0 radical (unpaired) electrons. The number of fused-ring (bicyclic) bond motifs is 12. The van der Waals surface area contributed by atoms with Gasteiger partial charge in [0.05, 0.1) is 35.1 Å². The minimum atomic E-state index is -0.292. The lowest BCUT2D eigenvalue weighted by Crippen LogP contribution is -2.32. The molecule has 13 aromatic carbocycles. The third kappa shape index (κ3) is 15.0. The maximum absolute atomic E-state index is 6.76. The first kappa shape index (κ1) is 69.4. The minimum Gasteiger partial charge on any atom is -0.368 e. The maximum atomic E-state index is 6.76. The first-order chi connectivity index (χ1) is 48.3. The van der Waals surface area contributed by atoms with Gasteiger partial charge >= 0.3 is 0 Å². The zero-order valence-electron chi connectivity index (χ0n) is 62.2. The van der Waals surface area contributed by atoms with Gasteiger partial charge < -0.3 is 14.2 Å². The van der Waals surface area contributed by atoms with Gasteiger partial charge in [-0.25, -0.2) is 0 Å². The van der Waals surface area contributed by atoms with E-state index in [0.29, 0.717) is 18.3 Å². The molecule has 13 aromatic rings. The van der Waals surface area contributed by atoms with E-state index in [-0.39, 0.29) is 16.8 Å². The smallest absolute Gasteiger partial charge is 0.0879 e. The van der Waals surface area contributed by atoms with E-state index in [4.69, 9.17) is 14.2 Å². The van der Waals surface area contributed by atoms with Gasteiger partial charge in [-0.2, -0.15) is 0 Å². The van der Waals surface area contributed by atoms with Gasteiger partial charge in [0.2, 0.25) is 0 Å². The van der Waals surface area contributed by atoms with Crippen molar-refractivity contribution in [2.24, 2.45) is 35.5 Å². The molecule has 3 nitrogen and oxygen atoms in total. The Morgan fingerprint density at radius 3 is 0.810 bits per heavy atom. The number of benzene rings is 13. The average Bonchev–Trinajstić information content (AvgIpc) is 0.767. The number of hydrogen-bond donors (Lipinski definition) is 0. The van der Waals surface area contributed by atoms with Gasteiger partial charge in [-0.1, -0.05) is 194 Å². The van der Waals surface area contributed by atoms with Crippen LogP contribution in [0.5, 0.6) is 0 Å². The highest BCUT2D eigenvalue weighted by atomic mass is 16.5. The molecule has 0 spiro atoms. The highest BCUT2D eigenvalue weighted by Gasteiger charge is 2.34. The third-order valence-corrected chi connectivity index (χ3v) is 25.0. The van der Waals surface area contributed by atoms with Gasteiger partial charge in [0.25, 0.3) is 0 Å². The van der Waals surface area contributed by atoms with Crippen molar-refractivity contribution in [3.8, 4) is 0 Å². The topological polar surface area (TPSA) is 27.7 Å². The number of rotatable bonds is 15. The molecule has 3 unspecified atom stereocenters. The Balaban J connectivity index is 0.000000128. The van der Waals surface area contributed by atoms with Crippen molar-refractivity contribution < 1.29 is 14.2 Å². The molecule has 0 aromatic heterocycles. The summed E-state index contributed by atoms with van der Waals surface area (Å²) >= 11 is 0. The first-order valence-electron chi connectivity index (χ1n) is 38.8. The van der Waals surface area contributed by atoms with Crippen LogP contribution in [0.15, 0.2) is 212 Å². The zero-order chi connectivity index (χ0) is 69.5. The second-order valence-corrected chi connectivity index (χ2v) is 32.7. The second kappa shape index (κ2) is 29.4. The molecular weight excluding hydrogens is 1210 g/mol. The van der Waals surface area contributed by atoms with Crippen molar-refractivity contribution in [1.82, 2.24) is 0 Å². The van der Waals surface area contributed by atoms with Crippen LogP contribution in [0.25, 0.3) is 108 Å². The molecule has 516 valence electrons. The van der Waals surface area contributed by atoms with E-state index in [1.54, 1.807) is 0 Å². The third-order valence-electron chi connectivity index (χ3n) is 25.0. The van der Waals surface area contributed by atoms with Crippen LogP contribution in [0.1, 0.15) is 196 Å². The number of ether oxygens (including phenoxy) is 3. The summed E-state index contributed by atoms with van der Waals surface area (Å²) in [6, 6.07) is 79.0. The summed E-state index contributed by atoms with van der Waals surface area (Å²) in [5.74, 6) is 5.17. The monoisotopic (exact) mass is 1320 g/mol. The van der Waals surface area contributed by atoms with Crippen LogP contribution in [0.2, 0.25) is 0 Å². The van der Waals surface area contributed by atoms with Crippen molar-refractivity contribution in [2.45, 2.75) is 215 Å². The fraction of sp³-hybridized carbons (Fsp3) is 0.402. The Hall–Kier alpha value is -7.66. The fourth-order valence-electron chi connectivity index (χ4n) is 17.9. The summed E-state index contributed by atoms with van der Waals surface area (Å²) in [6.07, 6.45) is 20.1. The van der Waals surface area contributed by atoms with Gasteiger partial charge in [0, 0.05) is 0 Å². The summed E-state index contributed by atoms with van der Waals surface area (Å²) in [5, 5.41) is 26.1. The molecule has 0 aliphatic heterocycles. The van der Waals surface area contributed by atoms with Gasteiger partial charge in [0.15, 0.2) is 0 Å². The van der Waals surface area contributed by atoms with Crippen LogP contribution in [0.4, 0.5) is 0 Å². The standard InChI is InChI=1S/C35H38O.2C31H36O/c1-5-23(2)24-11-14-34(15-12-24)36-35(3,4)33-13-10-27-18-30-19-28-16-25-8-6-7-9-26(25)17-29(28)20-31(30)21-32(27)22-33;1-5-21(2)22-10-15-26(16-11-22)32-31(3,4)25-14-19-28-24(20-25)13-18-29-27-9-7-6-8-23(27)12-17-30(28)29;1-5-21(2)22-11-14-30(15-12-22)32-31(3,4)29-13-10-25-18-26-16-23-8-6-7-9-24(23)17-27(26)19-28(25)20-29/h6-10,13,16-24,34H,5,11-12,14-15H2,1-4H3;6-9,12-14,17-22,26H,5,10-11,15-16H2,1-4H3;6-10,13,16-22,30H,5,11-12,14-15H2,1-4H3. The summed E-state index contributed by atoms with van der Waals surface area (Å²) < 4.78 is 20.2. The average molecular weight is 1320 g/mol. The molecule has 3 aliphatic rings. The molecule has 0 N–H and O–H groups in total. The molecule has 3 heteroatoms. The number of hydrogen-bond acceptors (Lipinski definition) is 3. The van der Waals surface area contributed by atoms with Crippen LogP contribution in [0, 0.1) is 35.5 Å². The van der Waals surface area contributed by atoms with Gasteiger partial charge in [-0.15, -0.1) is 0 Å². The molecule has 0 bridgehead atoms. The zero-order valence-corrected chi connectivity index (χ0v) is 62.2. The molecule has 3 fully saturated rings. The molecule has 3 atom stereocenters. The van der Waals surface area contributed by atoms with Crippen molar-refractivity contribution in [2.75, 3.05) is 0 Å². The van der Waals surface area contributed by atoms with Crippen LogP contribution < -0.4 is 0 Å². The van der Waals surface area contributed by atoms with E-state index in [2.05, 4.69) is 295 Å². The quantitative estimate of drug-likeness (QED) is 0.0756. The van der Waals surface area contributed by atoms with Crippen LogP contribution in [0.3, 0.4) is 0 Å². The normalized spacial score (nSPS) is 20.4. The molecule has 3 saturated carbocycles. The fourth-order valence-corrected chi connectivity index (χ4v) is 17.9. The Labute approximate surface area is 597 Å². The summed E-state index contributed by atoms with van der Waals surface area (Å²) in [7, 11) is 0. The highest BCUT2D eigenvalue weighted by molar-refractivity contribution is 6.17. The predicted molar refractivity (Wildman–Crippen MR) is 432 cm³/mol. The molecule has 0 saturated heterocycles. The van der Waals surface area contributed by atoms with Crippen molar-refractivity contribution in [3.63, 3.8) is 0 Å². The SMILES string of the molecule is CCC(C)C1CCC(OC(C)(C)c2ccc3c(ccc4c5ccccc5ccc34)c2)CC1.CCC(C)C1CCC(OC(C)(C)c2ccc3cc4cc5cc6ccccc6cc5cc4cc3c2)CC1.CCC(C)C1CCC(OC(C)(C)c2ccc3cc4cc5ccccc5cc4cc3c2)CC1.